The predicted octanol–water partition coefficient (Wildman–Crippen LogP) is 1.99. The van der Waals surface area contributed by atoms with Crippen LogP contribution in [0.5, 0.6) is 0 Å². The van der Waals surface area contributed by atoms with E-state index in [0.29, 0.717) is 0 Å². The maximum Gasteiger partial charge on any atom is 0.0527 e. The van der Waals surface area contributed by atoms with Gasteiger partial charge in [0.05, 0.1) is 12.2 Å². The van der Waals surface area contributed by atoms with E-state index in [2.05, 4.69) is 28.2 Å². The van der Waals surface area contributed by atoms with E-state index in [4.69, 9.17) is 0 Å². The molecular formula is C12H19N3. The van der Waals surface area contributed by atoms with E-state index in [-0.39, 0.29) is 0 Å². The molecule has 0 unspecified atom stereocenters. The normalized spacial score (nSPS) is 23.3. The van der Waals surface area contributed by atoms with Crippen LogP contribution in [0.15, 0.2) is 6.20 Å². The summed E-state index contributed by atoms with van der Waals surface area (Å²) in [4.78, 5) is 0. The van der Waals surface area contributed by atoms with Gasteiger partial charge in [-0.3, -0.25) is 4.68 Å². The Morgan fingerprint density at radius 3 is 2.67 bits per heavy atom. The van der Waals surface area contributed by atoms with Crippen LogP contribution in [-0.2, 0) is 0 Å². The average Bonchev–Trinajstić information content (AvgIpc) is 3.04. The molecule has 1 aliphatic carbocycles. The monoisotopic (exact) mass is 205 g/mol. The predicted molar refractivity (Wildman–Crippen MR) is 60.1 cm³/mol. The lowest BCUT2D eigenvalue weighted by Crippen LogP contribution is -2.26. The molecule has 0 radical (unpaired) electrons. The molecule has 1 N–H and O–H groups in total. The molecule has 0 aromatic carbocycles. The summed E-state index contributed by atoms with van der Waals surface area (Å²) in [5, 5.41) is 7.97. The maximum absolute atomic E-state index is 4.55. The molecule has 0 bridgehead atoms. The Morgan fingerprint density at radius 1 is 1.27 bits per heavy atom. The quantitative estimate of drug-likeness (QED) is 0.800. The highest BCUT2D eigenvalue weighted by molar-refractivity contribution is 5.23. The van der Waals surface area contributed by atoms with E-state index in [1.165, 1.54) is 50.0 Å². The Labute approximate surface area is 90.9 Å². The summed E-state index contributed by atoms with van der Waals surface area (Å²) in [6.45, 7) is 4.57. The lowest BCUT2D eigenvalue weighted by molar-refractivity contribution is 0.458. The first-order chi connectivity index (χ1) is 7.36. The van der Waals surface area contributed by atoms with Crippen molar-refractivity contribution < 1.29 is 0 Å². The highest BCUT2D eigenvalue weighted by Gasteiger charge is 2.28. The average molecular weight is 205 g/mol. The molecule has 2 heterocycles. The minimum atomic E-state index is 0.723. The van der Waals surface area contributed by atoms with Gasteiger partial charge >= 0.3 is 0 Å². The first-order valence-corrected chi connectivity index (χ1v) is 6.11. The summed E-state index contributed by atoms with van der Waals surface area (Å²) in [5.74, 6) is 0.749. The van der Waals surface area contributed by atoms with Crippen molar-refractivity contribution in [3.8, 4) is 0 Å². The smallest absolute Gasteiger partial charge is 0.0527 e. The van der Waals surface area contributed by atoms with Crippen LogP contribution in [0, 0.1) is 6.92 Å². The van der Waals surface area contributed by atoms with Crippen molar-refractivity contribution in [2.24, 2.45) is 0 Å². The van der Waals surface area contributed by atoms with Crippen molar-refractivity contribution in [1.29, 1.82) is 0 Å². The molecule has 3 nitrogen and oxygen atoms in total. The van der Waals surface area contributed by atoms with Crippen molar-refractivity contribution in [3.05, 3.63) is 17.5 Å². The standard InChI is InChI=1S/C12H19N3/c1-9-12(10-4-6-13-7-5-10)8-14-15(9)11-2-3-11/h8,10-11,13H,2-7H2,1H3. The Bertz CT molecular complexity index is 346. The summed E-state index contributed by atoms with van der Waals surface area (Å²) in [6, 6.07) is 0.723. The van der Waals surface area contributed by atoms with Crippen molar-refractivity contribution in [2.45, 2.75) is 44.6 Å². The molecule has 0 spiro atoms. The van der Waals surface area contributed by atoms with Gasteiger partial charge in [0.2, 0.25) is 0 Å². The van der Waals surface area contributed by atoms with Crippen LogP contribution < -0.4 is 5.32 Å². The van der Waals surface area contributed by atoms with Gasteiger partial charge in [-0.05, 0) is 57.2 Å². The topological polar surface area (TPSA) is 29.9 Å². The fourth-order valence-corrected chi connectivity index (χ4v) is 2.66. The Kier molecular flexibility index (Phi) is 2.28. The second-order valence-corrected chi connectivity index (χ2v) is 4.89. The van der Waals surface area contributed by atoms with E-state index in [9.17, 15) is 0 Å². The third kappa shape index (κ3) is 1.69. The zero-order valence-corrected chi connectivity index (χ0v) is 9.37. The van der Waals surface area contributed by atoms with Crippen LogP contribution in [0.25, 0.3) is 0 Å². The number of aromatic nitrogens is 2. The highest BCUT2D eigenvalue weighted by atomic mass is 15.3. The number of hydrogen-bond donors (Lipinski definition) is 1. The van der Waals surface area contributed by atoms with Crippen molar-refractivity contribution in [2.75, 3.05) is 13.1 Å². The van der Waals surface area contributed by atoms with Crippen LogP contribution in [-0.4, -0.2) is 22.9 Å². The minimum absolute atomic E-state index is 0.723. The number of nitrogens with one attached hydrogen (secondary N) is 1. The van der Waals surface area contributed by atoms with Crippen LogP contribution in [0.3, 0.4) is 0 Å². The Morgan fingerprint density at radius 2 is 2.00 bits per heavy atom. The number of nitrogens with zero attached hydrogens (tertiary/aromatic N) is 2. The van der Waals surface area contributed by atoms with Crippen LogP contribution in [0.1, 0.15) is 48.9 Å². The molecule has 2 fully saturated rings. The van der Waals surface area contributed by atoms with Gasteiger partial charge < -0.3 is 5.32 Å². The molecule has 3 rings (SSSR count). The fraction of sp³-hybridized carbons (Fsp3) is 0.750. The summed E-state index contributed by atoms with van der Waals surface area (Å²) < 4.78 is 2.25. The first-order valence-electron chi connectivity index (χ1n) is 6.11. The van der Waals surface area contributed by atoms with Gasteiger partial charge in [-0.15, -0.1) is 0 Å². The van der Waals surface area contributed by atoms with Gasteiger partial charge in [-0.2, -0.15) is 5.10 Å². The zero-order chi connectivity index (χ0) is 10.3. The number of rotatable bonds is 2. The van der Waals surface area contributed by atoms with Crippen molar-refractivity contribution >= 4 is 0 Å². The number of piperidine rings is 1. The van der Waals surface area contributed by atoms with Crippen LogP contribution in [0.2, 0.25) is 0 Å². The van der Waals surface area contributed by atoms with Gasteiger partial charge in [0.25, 0.3) is 0 Å². The van der Waals surface area contributed by atoms with Gasteiger partial charge in [0, 0.05) is 5.69 Å². The SMILES string of the molecule is Cc1c(C2CCNCC2)cnn1C1CC1. The molecule has 1 saturated carbocycles. The molecule has 0 amide bonds. The van der Waals surface area contributed by atoms with E-state index in [1.54, 1.807) is 0 Å². The number of hydrogen-bond acceptors (Lipinski definition) is 2. The third-order valence-corrected chi connectivity index (χ3v) is 3.75. The van der Waals surface area contributed by atoms with Gasteiger partial charge in [0.15, 0.2) is 0 Å². The second kappa shape index (κ2) is 3.63. The summed E-state index contributed by atoms with van der Waals surface area (Å²) in [7, 11) is 0. The first kappa shape index (κ1) is 9.40. The molecule has 0 atom stereocenters. The molecule has 82 valence electrons. The molecule has 1 aromatic rings. The third-order valence-electron chi connectivity index (χ3n) is 3.75. The van der Waals surface area contributed by atoms with Crippen molar-refractivity contribution in [3.63, 3.8) is 0 Å². The van der Waals surface area contributed by atoms with E-state index in [0.717, 1.165) is 12.0 Å². The lowest BCUT2D eigenvalue weighted by Gasteiger charge is -2.22. The van der Waals surface area contributed by atoms with Crippen LogP contribution >= 0.6 is 0 Å². The minimum Gasteiger partial charge on any atom is -0.317 e. The Hall–Kier alpha value is -0.830. The van der Waals surface area contributed by atoms with Gasteiger partial charge in [-0.1, -0.05) is 0 Å². The molecule has 1 aliphatic heterocycles. The summed E-state index contributed by atoms with van der Waals surface area (Å²) in [6.07, 6.45) is 7.32. The zero-order valence-electron chi connectivity index (χ0n) is 9.37. The lowest BCUT2D eigenvalue weighted by atomic mass is 9.91. The van der Waals surface area contributed by atoms with E-state index < -0.39 is 0 Å². The summed E-state index contributed by atoms with van der Waals surface area (Å²) >= 11 is 0. The van der Waals surface area contributed by atoms with Gasteiger partial charge in [-0.25, -0.2) is 0 Å². The van der Waals surface area contributed by atoms with Gasteiger partial charge in [0.1, 0.15) is 0 Å². The molecule has 1 saturated heterocycles. The summed E-state index contributed by atoms with van der Waals surface area (Å²) in [5.41, 5.74) is 2.92. The van der Waals surface area contributed by atoms with E-state index >= 15 is 0 Å². The van der Waals surface area contributed by atoms with E-state index in [1.807, 2.05) is 0 Å². The molecule has 1 aromatic heterocycles. The molecule has 3 heteroatoms. The van der Waals surface area contributed by atoms with Crippen molar-refractivity contribution in [1.82, 2.24) is 15.1 Å². The molecule has 15 heavy (non-hydrogen) atoms. The maximum atomic E-state index is 4.55. The highest BCUT2D eigenvalue weighted by Crippen LogP contribution is 2.37. The fourth-order valence-electron chi connectivity index (χ4n) is 2.66. The van der Waals surface area contributed by atoms with Crippen LogP contribution in [0.4, 0.5) is 0 Å². The largest absolute Gasteiger partial charge is 0.317 e. The Balaban J connectivity index is 1.83. The second-order valence-electron chi connectivity index (χ2n) is 4.89. The molecule has 2 aliphatic rings. The molecular weight excluding hydrogens is 186 g/mol.